The zero-order valence-corrected chi connectivity index (χ0v) is 15.7. The van der Waals surface area contributed by atoms with E-state index in [9.17, 15) is 9.59 Å². The van der Waals surface area contributed by atoms with Crippen molar-refractivity contribution in [2.45, 2.75) is 6.92 Å². The average molecular weight is 391 g/mol. The molecule has 6 heteroatoms. The molecule has 5 nitrogen and oxygen atoms in total. The Morgan fingerprint density at radius 3 is 2.54 bits per heavy atom. The number of fused-ring (bicyclic) bond motifs is 1. The van der Waals surface area contributed by atoms with Crippen LogP contribution >= 0.6 is 11.6 Å². The van der Waals surface area contributed by atoms with Crippen LogP contribution in [0.25, 0.3) is 11.0 Å². The second-order valence-corrected chi connectivity index (χ2v) is 6.71. The Kier molecular flexibility index (Phi) is 4.67. The number of hydrogen-bond acceptors (Lipinski definition) is 4. The Hall–Kier alpha value is -3.44. The lowest BCUT2D eigenvalue weighted by atomic mass is 10.0. The third kappa shape index (κ3) is 3.40. The standard InChI is InChI=1S/C22H15ClN2O3/c1-13-17-10-9-16(25-22(27)18-4-2-3-11-24-18)12-19(17)28-21(13)20(26)14-5-7-15(23)8-6-14/h2-12H,1H3,(H,25,27). The van der Waals surface area contributed by atoms with Crippen LogP contribution in [0, 0.1) is 6.92 Å². The van der Waals surface area contributed by atoms with Crippen LogP contribution in [0.5, 0.6) is 0 Å². The van der Waals surface area contributed by atoms with Gasteiger partial charge < -0.3 is 9.73 Å². The molecular formula is C22H15ClN2O3. The molecule has 0 atom stereocenters. The summed E-state index contributed by atoms with van der Waals surface area (Å²) in [5.41, 5.74) is 2.64. The fraction of sp³-hybridized carbons (Fsp3) is 0.0455. The van der Waals surface area contributed by atoms with Crippen molar-refractivity contribution in [1.29, 1.82) is 0 Å². The zero-order valence-electron chi connectivity index (χ0n) is 14.9. The minimum atomic E-state index is -0.319. The number of rotatable bonds is 4. The lowest BCUT2D eigenvalue weighted by Crippen LogP contribution is -2.13. The average Bonchev–Trinajstić information content (AvgIpc) is 3.04. The highest BCUT2D eigenvalue weighted by atomic mass is 35.5. The number of halogens is 1. The number of carbonyl (C=O) groups is 2. The fourth-order valence-corrected chi connectivity index (χ4v) is 3.07. The number of carbonyl (C=O) groups excluding carboxylic acids is 2. The van der Waals surface area contributed by atoms with Crippen molar-refractivity contribution in [3.63, 3.8) is 0 Å². The number of furan rings is 1. The van der Waals surface area contributed by atoms with Crippen molar-refractivity contribution in [2.24, 2.45) is 0 Å². The first-order chi connectivity index (χ1) is 13.5. The number of ketones is 1. The maximum absolute atomic E-state index is 12.8. The monoisotopic (exact) mass is 390 g/mol. The van der Waals surface area contributed by atoms with Gasteiger partial charge in [0.15, 0.2) is 5.76 Å². The van der Waals surface area contributed by atoms with Crippen LogP contribution in [0.3, 0.4) is 0 Å². The summed E-state index contributed by atoms with van der Waals surface area (Å²) in [4.78, 5) is 29.1. The van der Waals surface area contributed by atoms with E-state index in [0.717, 1.165) is 10.9 Å². The molecule has 138 valence electrons. The van der Waals surface area contributed by atoms with Crippen molar-refractivity contribution >= 4 is 39.9 Å². The number of amides is 1. The minimum absolute atomic E-state index is 0.218. The number of hydrogen-bond donors (Lipinski definition) is 1. The van der Waals surface area contributed by atoms with Gasteiger partial charge in [-0.05, 0) is 55.5 Å². The molecule has 0 bridgehead atoms. The summed E-state index contributed by atoms with van der Waals surface area (Å²) >= 11 is 5.89. The molecule has 0 saturated heterocycles. The molecule has 4 aromatic rings. The first kappa shape index (κ1) is 17.9. The van der Waals surface area contributed by atoms with E-state index >= 15 is 0 Å². The molecule has 0 aliphatic heterocycles. The van der Waals surface area contributed by atoms with Crippen LogP contribution in [-0.4, -0.2) is 16.7 Å². The van der Waals surface area contributed by atoms with Gasteiger partial charge in [-0.25, -0.2) is 0 Å². The van der Waals surface area contributed by atoms with Gasteiger partial charge in [0.05, 0.1) is 0 Å². The lowest BCUT2D eigenvalue weighted by molar-refractivity contribution is 0.100. The van der Waals surface area contributed by atoms with E-state index in [0.29, 0.717) is 27.6 Å². The fourth-order valence-electron chi connectivity index (χ4n) is 2.94. The molecule has 0 radical (unpaired) electrons. The molecule has 0 aliphatic carbocycles. The van der Waals surface area contributed by atoms with Crippen LogP contribution in [0.4, 0.5) is 5.69 Å². The Morgan fingerprint density at radius 2 is 1.82 bits per heavy atom. The topological polar surface area (TPSA) is 72.2 Å². The van der Waals surface area contributed by atoms with Gasteiger partial charge in [-0.15, -0.1) is 0 Å². The van der Waals surface area contributed by atoms with Crippen molar-refractivity contribution in [3.05, 3.63) is 94.5 Å². The van der Waals surface area contributed by atoms with Gasteiger partial charge in [-0.1, -0.05) is 17.7 Å². The Bertz CT molecular complexity index is 1180. The van der Waals surface area contributed by atoms with Crippen molar-refractivity contribution < 1.29 is 14.0 Å². The molecule has 0 fully saturated rings. The lowest BCUT2D eigenvalue weighted by Gasteiger charge is -2.04. The summed E-state index contributed by atoms with van der Waals surface area (Å²) < 4.78 is 5.82. The summed E-state index contributed by atoms with van der Waals surface area (Å²) in [5, 5.41) is 4.16. The number of nitrogens with one attached hydrogen (secondary N) is 1. The van der Waals surface area contributed by atoms with Gasteiger partial charge in [0, 0.05) is 39.5 Å². The second kappa shape index (κ2) is 7.29. The summed E-state index contributed by atoms with van der Waals surface area (Å²) in [6, 6.07) is 17.1. The Labute approximate surface area is 166 Å². The van der Waals surface area contributed by atoms with Crippen LogP contribution in [0.2, 0.25) is 5.02 Å². The minimum Gasteiger partial charge on any atom is -0.452 e. The van der Waals surface area contributed by atoms with Gasteiger partial charge in [0.1, 0.15) is 11.3 Å². The quantitative estimate of drug-likeness (QED) is 0.481. The van der Waals surface area contributed by atoms with Crippen molar-refractivity contribution in [3.8, 4) is 0 Å². The molecule has 1 N–H and O–H groups in total. The van der Waals surface area contributed by atoms with Gasteiger partial charge >= 0.3 is 0 Å². The van der Waals surface area contributed by atoms with E-state index in [2.05, 4.69) is 10.3 Å². The predicted octanol–water partition coefficient (Wildman–Crippen LogP) is 5.27. The maximum atomic E-state index is 12.8. The molecule has 2 aromatic carbocycles. The van der Waals surface area contributed by atoms with Crippen LogP contribution < -0.4 is 5.32 Å². The molecule has 0 unspecified atom stereocenters. The van der Waals surface area contributed by atoms with Crippen molar-refractivity contribution in [2.75, 3.05) is 5.32 Å². The van der Waals surface area contributed by atoms with Crippen LogP contribution in [0.1, 0.15) is 32.2 Å². The molecule has 2 heterocycles. The Balaban J connectivity index is 1.65. The van der Waals surface area contributed by atoms with E-state index in [4.69, 9.17) is 16.0 Å². The van der Waals surface area contributed by atoms with Gasteiger partial charge in [-0.3, -0.25) is 14.6 Å². The number of aryl methyl sites for hydroxylation is 1. The molecule has 1 amide bonds. The summed E-state index contributed by atoms with van der Waals surface area (Å²) in [6.45, 7) is 1.83. The number of anilines is 1. The molecule has 2 aromatic heterocycles. The SMILES string of the molecule is Cc1c(C(=O)c2ccc(Cl)cc2)oc2cc(NC(=O)c3ccccn3)ccc12. The summed E-state index contributed by atoms with van der Waals surface area (Å²) in [6.07, 6.45) is 1.56. The van der Waals surface area contributed by atoms with E-state index in [1.807, 2.05) is 13.0 Å². The van der Waals surface area contributed by atoms with Gasteiger partial charge in [0.2, 0.25) is 5.78 Å². The molecule has 0 spiro atoms. The summed E-state index contributed by atoms with van der Waals surface area (Å²) in [5.74, 6) is -0.268. The smallest absolute Gasteiger partial charge is 0.274 e. The third-order valence-corrected chi connectivity index (χ3v) is 4.66. The van der Waals surface area contributed by atoms with Crippen molar-refractivity contribution in [1.82, 2.24) is 4.98 Å². The predicted molar refractivity (Wildman–Crippen MR) is 108 cm³/mol. The highest BCUT2D eigenvalue weighted by Crippen LogP contribution is 2.29. The highest BCUT2D eigenvalue weighted by Gasteiger charge is 2.19. The number of benzene rings is 2. The Morgan fingerprint density at radius 1 is 1.04 bits per heavy atom. The molecule has 28 heavy (non-hydrogen) atoms. The first-order valence-electron chi connectivity index (χ1n) is 8.59. The zero-order chi connectivity index (χ0) is 19.7. The van der Waals surface area contributed by atoms with Gasteiger partial charge in [-0.2, -0.15) is 0 Å². The summed E-state index contributed by atoms with van der Waals surface area (Å²) in [7, 11) is 0. The number of nitrogens with zero attached hydrogens (tertiary/aromatic N) is 1. The highest BCUT2D eigenvalue weighted by molar-refractivity contribution is 6.30. The van der Waals surface area contributed by atoms with Crippen LogP contribution in [-0.2, 0) is 0 Å². The molecular weight excluding hydrogens is 376 g/mol. The van der Waals surface area contributed by atoms with E-state index in [-0.39, 0.29) is 17.5 Å². The van der Waals surface area contributed by atoms with E-state index in [1.165, 1.54) is 0 Å². The maximum Gasteiger partial charge on any atom is 0.274 e. The molecule has 0 saturated carbocycles. The largest absolute Gasteiger partial charge is 0.452 e. The second-order valence-electron chi connectivity index (χ2n) is 6.27. The third-order valence-electron chi connectivity index (χ3n) is 4.41. The normalized spacial score (nSPS) is 10.8. The van der Waals surface area contributed by atoms with Gasteiger partial charge in [0.25, 0.3) is 5.91 Å². The van der Waals surface area contributed by atoms with E-state index < -0.39 is 0 Å². The molecule has 0 aliphatic rings. The number of aromatic nitrogens is 1. The van der Waals surface area contributed by atoms with E-state index in [1.54, 1.807) is 60.8 Å². The molecule has 4 rings (SSSR count). The first-order valence-corrected chi connectivity index (χ1v) is 8.96. The van der Waals surface area contributed by atoms with Crippen LogP contribution in [0.15, 0.2) is 71.3 Å². The number of pyridine rings is 1.